The molecule has 0 saturated carbocycles. The fraction of sp³-hybridized carbons (Fsp3) is 0.520. The van der Waals surface area contributed by atoms with Gasteiger partial charge in [0.25, 0.3) is 0 Å². The van der Waals surface area contributed by atoms with Gasteiger partial charge in [-0.3, -0.25) is 9.59 Å². The number of amides is 2. The summed E-state index contributed by atoms with van der Waals surface area (Å²) in [5.41, 5.74) is 1.83. The van der Waals surface area contributed by atoms with E-state index in [1.165, 1.54) is 12.1 Å². The molecule has 1 aliphatic rings. The highest BCUT2D eigenvalue weighted by atomic mass is 19.1. The van der Waals surface area contributed by atoms with Crippen LogP contribution in [0.5, 0.6) is 0 Å². The standard InChI is InChI=1S/C25H32FN3O2/c1-6-11-28-15-18(21-10-9-19(26)14-22(21)28)13-20-8-7-12-29(20)25(31)23(16(2)3)27-24(30)17(4)5/h1,9-10,14-17,20,23H,7-8,11-13H2,2-5H3,(H,27,30)/t20-,23-/m0/s1. The van der Waals surface area contributed by atoms with Gasteiger partial charge in [-0.05, 0) is 48.9 Å². The van der Waals surface area contributed by atoms with E-state index in [-0.39, 0.29) is 35.5 Å². The van der Waals surface area contributed by atoms with Crippen molar-refractivity contribution in [2.45, 2.75) is 65.6 Å². The summed E-state index contributed by atoms with van der Waals surface area (Å²) in [5.74, 6) is 2.01. The Hall–Kier alpha value is -2.81. The Balaban J connectivity index is 1.84. The fourth-order valence-electron chi connectivity index (χ4n) is 4.34. The molecule has 1 saturated heterocycles. The van der Waals surface area contributed by atoms with E-state index in [0.29, 0.717) is 19.5 Å². The molecule has 2 atom stereocenters. The molecular weight excluding hydrogens is 393 g/mol. The molecule has 166 valence electrons. The van der Waals surface area contributed by atoms with E-state index in [9.17, 15) is 14.0 Å². The van der Waals surface area contributed by atoms with Gasteiger partial charge in [0, 0.05) is 30.1 Å². The van der Waals surface area contributed by atoms with E-state index in [1.54, 1.807) is 6.07 Å². The van der Waals surface area contributed by atoms with Gasteiger partial charge in [-0.25, -0.2) is 4.39 Å². The molecule has 3 rings (SSSR count). The Bertz CT molecular complexity index is 1000. The largest absolute Gasteiger partial charge is 0.344 e. The van der Waals surface area contributed by atoms with Gasteiger partial charge in [0.15, 0.2) is 0 Å². The molecule has 0 spiro atoms. The highest BCUT2D eigenvalue weighted by Crippen LogP contribution is 2.29. The number of terminal acetylenes is 1. The molecule has 1 aromatic heterocycles. The summed E-state index contributed by atoms with van der Waals surface area (Å²) in [5, 5.41) is 3.90. The average molecular weight is 426 g/mol. The van der Waals surface area contributed by atoms with Crippen LogP contribution in [0.3, 0.4) is 0 Å². The minimum Gasteiger partial charge on any atom is -0.344 e. The van der Waals surface area contributed by atoms with Crippen molar-refractivity contribution < 1.29 is 14.0 Å². The second-order valence-corrected chi connectivity index (χ2v) is 9.06. The maximum Gasteiger partial charge on any atom is 0.245 e. The normalized spacial score (nSPS) is 17.4. The predicted octanol–water partition coefficient (Wildman–Crippen LogP) is 3.74. The van der Waals surface area contributed by atoms with E-state index in [2.05, 4.69) is 11.2 Å². The summed E-state index contributed by atoms with van der Waals surface area (Å²) in [6, 6.07) is 4.25. The van der Waals surface area contributed by atoms with Crippen LogP contribution < -0.4 is 5.32 Å². The Morgan fingerprint density at radius 3 is 2.68 bits per heavy atom. The topological polar surface area (TPSA) is 54.3 Å². The minimum atomic E-state index is -0.535. The predicted molar refractivity (Wildman–Crippen MR) is 121 cm³/mol. The molecule has 1 fully saturated rings. The first-order valence-corrected chi connectivity index (χ1v) is 11.0. The average Bonchev–Trinajstić information content (AvgIpc) is 3.30. The van der Waals surface area contributed by atoms with E-state index in [1.807, 2.05) is 43.4 Å². The van der Waals surface area contributed by atoms with Crippen LogP contribution in [-0.2, 0) is 22.6 Å². The SMILES string of the molecule is C#CCn1cc(C[C@@H]2CCCN2C(=O)[C@@H](NC(=O)C(C)C)C(C)C)c2ccc(F)cc21. The third-order valence-corrected chi connectivity index (χ3v) is 6.06. The summed E-state index contributed by atoms with van der Waals surface area (Å²) in [6.45, 7) is 8.60. The molecular formula is C25H32FN3O2. The maximum absolute atomic E-state index is 13.8. The quantitative estimate of drug-likeness (QED) is 0.687. The highest BCUT2D eigenvalue weighted by molar-refractivity contribution is 5.89. The van der Waals surface area contributed by atoms with Crippen LogP contribution in [0, 0.1) is 30.0 Å². The van der Waals surface area contributed by atoms with Crippen molar-refractivity contribution in [1.29, 1.82) is 0 Å². The van der Waals surface area contributed by atoms with Crippen molar-refractivity contribution >= 4 is 22.7 Å². The molecule has 2 aromatic rings. The van der Waals surface area contributed by atoms with Crippen LogP contribution in [0.15, 0.2) is 24.4 Å². The monoisotopic (exact) mass is 425 g/mol. The number of likely N-dealkylation sites (tertiary alicyclic amines) is 1. The molecule has 1 N–H and O–H groups in total. The molecule has 31 heavy (non-hydrogen) atoms. The Labute approximate surface area is 184 Å². The first-order valence-electron chi connectivity index (χ1n) is 11.0. The van der Waals surface area contributed by atoms with Crippen LogP contribution in [-0.4, -0.2) is 39.9 Å². The molecule has 0 radical (unpaired) electrons. The second kappa shape index (κ2) is 9.55. The van der Waals surface area contributed by atoms with E-state index >= 15 is 0 Å². The number of fused-ring (bicyclic) bond motifs is 1. The third kappa shape index (κ3) is 4.92. The van der Waals surface area contributed by atoms with Crippen molar-refractivity contribution in [3.63, 3.8) is 0 Å². The number of halogens is 1. The maximum atomic E-state index is 13.8. The molecule has 0 bridgehead atoms. The number of nitrogens with one attached hydrogen (secondary N) is 1. The number of benzene rings is 1. The summed E-state index contributed by atoms with van der Waals surface area (Å²) in [6.07, 6.45) is 9.98. The van der Waals surface area contributed by atoms with Crippen molar-refractivity contribution in [1.82, 2.24) is 14.8 Å². The number of carbonyl (C=O) groups excluding carboxylic acids is 2. The van der Waals surface area contributed by atoms with Gasteiger partial charge in [0.2, 0.25) is 11.8 Å². The lowest BCUT2D eigenvalue weighted by atomic mass is 9.99. The minimum absolute atomic E-state index is 0.00281. The number of hydrogen-bond acceptors (Lipinski definition) is 2. The Morgan fingerprint density at radius 2 is 2.03 bits per heavy atom. The van der Waals surface area contributed by atoms with Crippen LogP contribution in [0.1, 0.15) is 46.1 Å². The van der Waals surface area contributed by atoms with Gasteiger partial charge in [-0.2, -0.15) is 0 Å². The molecule has 0 aliphatic carbocycles. The fourth-order valence-corrected chi connectivity index (χ4v) is 4.34. The lowest BCUT2D eigenvalue weighted by molar-refractivity contribution is -0.139. The zero-order valence-corrected chi connectivity index (χ0v) is 18.8. The van der Waals surface area contributed by atoms with E-state index in [0.717, 1.165) is 29.3 Å². The smallest absolute Gasteiger partial charge is 0.245 e. The van der Waals surface area contributed by atoms with Crippen molar-refractivity contribution in [2.24, 2.45) is 11.8 Å². The zero-order valence-electron chi connectivity index (χ0n) is 18.8. The first-order chi connectivity index (χ1) is 14.7. The number of nitrogens with zero attached hydrogens (tertiary/aromatic N) is 2. The Morgan fingerprint density at radius 1 is 1.29 bits per heavy atom. The molecule has 0 unspecified atom stereocenters. The van der Waals surface area contributed by atoms with Gasteiger partial charge < -0.3 is 14.8 Å². The summed E-state index contributed by atoms with van der Waals surface area (Å²) in [7, 11) is 0. The van der Waals surface area contributed by atoms with Crippen LogP contribution in [0.25, 0.3) is 10.9 Å². The van der Waals surface area contributed by atoms with E-state index < -0.39 is 6.04 Å². The van der Waals surface area contributed by atoms with Crippen molar-refractivity contribution in [2.75, 3.05) is 6.54 Å². The van der Waals surface area contributed by atoms with Gasteiger partial charge in [0.1, 0.15) is 11.9 Å². The summed E-state index contributed by atoms with van der Waals surface area (Å²) < 4.78 is 15.7. The lowest BCUT2D eigenvalue weighted by Crippen LogP contribution is -2.53. The second-order valence-electron chi connectivity index (χ2n) is 9.06. The van der Waals surface area contributed by atoms with Crippen LogP contribution in [0.4, 0.5) is 4.39 Å². The number of carbonyl (C=O) groups is 2. The third-order valence-electron chi connectivity index (χ3n) is 6.06. The number of hydrogen-bond donors (Lipinski definition) is 1. The molecule has 2 heterocycles. The summed E-state index contributed by atoms with van der Waals surface area (Å²) >= 11 is 0. The van der Waals surface area contributed by atoms with Gasteiger partial charge in [0.05, 0.1) is 12.1 Å². The summed E-state index contributed by atoms with van der Waals surface area (Å²) in [4.78, 5) is 27.6. The molecule has 1 aliphatic heterocycles. The molecule has 2 amide bonds. The molecule has 6 heteroatoms. The lowest BCUT2D eigenvalue weighted by Gasteiger charge is -2.31. The van der Waals surface area contributed by atoms with Crippen molar-refractivity contribution in [3.05, 3.63) is 35.8 Å². The van der Waals surface area contributed by atoms with Crippen LogP contribution >= 0.6 is 0 Å². The number of aromatic nitrogens is 1. The first kappa shape index (κ1) is 22.9. The van der Waals surface area contributed by atoms with Gasteiger partial charge in [-0.1, -0.05) is 33.6 Å². The van der Waals surface area contributed by atoms with Crippen molar-refractivity contribution in [3.8, 4) is 12.3 Å². The Kier molecular flexibility index (Phi) is 7.04. The van der Waals surface area contributed by atoms with Crippen LogP contribution in [0.2, 0.25) is 0 Å². The molecule has 1 aromatic carbocycles. The van der Waals surface area contributed by atoms with Gasteiger partial charge >= 0.3 is 0 Å². The number of rotatable bonds is 7. The van der Waals surface area contributed by atoms with Gasteiger partial charge in [-0.15, -0.1) is 6.42 Å². The van der Waals surface area contributed by atoms with E-state index in [4.69, 9.17) is 6.42 Å². The zero-order chi connectivity index (χ0) is 22.7. The molecule has 5 nitrogen and oxygen atoms in total. The highest BCUT2D eigenvalue weighted by Gasteiger charge is 2.35.